The zero-order chi connectivity index (χ0) is 12.3. The van der Waals surface area contributed by atoms with Crippen LogP contribution in [0, 0.1) is 0 Å². The fraction of sp³-hybridized carbons (Fsp3) is 0.231. The quantitative estimate of drug-likeness (QED) is 0.897. The van der Waals surface area contributed by atoms with Crippen LogP contribution in [-0.2, 0) is 6.54 Å². The van der Waals surface area contributed by atoms with Crippen LogP contribution in [0.2, 0.25) is 4.34 Å². The van der Waals surface area contributed by atoms with Crippen LogP contribution < -0.4 is 10.2 Å². The van der Waals surface area contributed by atoms with E-state index >= 15 is 0 Å². The maximum atomic E-state index is 5.93. The number of thiophene rings is 1. The summed E-state index contributed by atoms with van der Waals surface area (Å²) < 4.78 is 0.831. The first-order valence-electron chi connectivity index (χ1n) is 5.42. The third-order valence-corrected chi connectivity index (χ3v) is 3.94. The van der Waals surface area contributed by atoms with Crippen molar-refractivity contribution < 1.29 is 0 Å². The highest BCUT2D eigenvalue weighted by molar-refractivity contribution is 7.19. The van der Waals surface area contributed by atoms with Crippen molar-refractivity contribution >= 4 is 33.6 Å². The predicted molar refractivity (Wildman–Crippen MR) is 77.4 cm³/mol. The molecule has 1 N–H and O–H groups in total. The van der Waals surface area contributed by atoms with Crippen LogP contribution in [0.5, 0.6) is 0 Å². The summed E-state index contributed by atoms with van der Waals surface area (Å²) in [6.07, 6.45) is 0. The summed E-state index contributed by atoms with van der Waals surface area (Å²) in [4.78, 5) is 2.20. The second kappa shape index (κ2) is 5.43. The fourth-order valence-corrected chi connectivity index (χ4v) is 2.63. The van der Waals surface area contributed by atoms with Gasteiger partial charge in [0.05, 0.1) is 9.34 Å². The molecule has 1 aromatic heterocycles. The minimum absolute atomic E-state index is 0.831. The SMILES string of the molecule is CNc1ccc(CN(C)c2ccc(Cl)s2)cc1. The van der Waals surface area contributed by atoms with Crippen molar-refractivity contribution in [2.45, 2.75) is 6.54 Å². The Morgan fingerprint density at radius 2 is 1.88 bits per heavy atom. The van der Waals surface area contributed by atoms with Crippen molar-refractivity contribution in [3.63, 3.8) is 0 Å². The lowest BCUT2D eigenvalue weighted by Gasteiger charge is -2.17. The Kier molecular flexibility index (Phi) is 3.92. The number of anilines is 2. The van der Waals surface area contributed by atoms with Crippen LogP contribution in [-0.4, -0.2) is 14.1 Å². The van der Waals surface area contributed by atoms with Crippen LogP contribution in [0.3, 0.4) is 0 Å². The van der Waals surface area contributed by atoms with Gasteiger partial charge in [-0.25, -0.2) is 0 Å². The highest BCUT2D eigenvalue weighted by Crippen LogP contribution is 2.29. The number of nitrogens with zero attached hydrogens (tertiary/aromatic N) is 1. The third-order valence-electron chi connectivity index (χ3n) is 2.60. The first-order chi connectivity index (χ1) is 8.19. The lowest BCUT2D eigenvalue weighted by Crippen LogP contribution is -2.14. The lowest BCUT2D eigenvalue weighted by molar-refractivity contribution is 0.935. The molecule has 0 aliphatic carbocycles. The standard InChI is InChI=1S/C13H15ClN2S/c1-15-11-5-3-10(4-6-11)9-16(2)13-8-7-12(14)17-13/h3-8,15H,9H2,1-2H3. The molecule has 90 valence electrons. The van der Waals surface area contributed by atoms with Crippen LogP contribution >= 0.6 is 22.9 Å². The number of benzene rings is 1. The molecule has 2 rings (SSSR count). The molecule has 0 unspecified atom stereocenters. The van der Waals surface area contributed by atoms with Gasteiger partial charge in [0.15, 0.2) is 0 Å². The largest absolute Gasteiger partial charge is 0.388 e. The summed E-state index contributed by atoms with van der Waals surface area (Å²) in [7, 11) is 4.00. The fourth-order valence-electron chi connectivity index (χ4n) is 1.64. The maximum absolute atomic E-state index is 5.93. The average molecular weight is 267 g/mol. The van der Waals surface area contributed by atoms with E-state index in [0.29, 0.717) is 0 Å². The van der Waals surface area contributed by atoms with Gasteiger partial charge < -0.3 is 10.2 Å². The zero-order valence-corrected chi connectivity index (χ0v) is 11.5. The number of rotatable bonds is 4. The third kappa shape index (κ3) is 3.14. The van der Waals surface area contributed by atoms with Gasteiger partial charge in [-0.15, -0.1) is 11.3 Å². The zero-order valence-electron chi connectivity index (χ0n) is 9.90. The van der Waals surface area contributed by atoms with E-state index in [1.807, 2.05) is 13.1 Å². The molecule has 0 saturated heterocycles. The van der Waals surface area contributed by atoms with Crippen molar-refractivity contribution in [1.82, 2.24) is 0 Å². The summed E-state index contributed by atoms with van der Waals surface area (Å²) >= 11 is 7.53. The average Bonchev–Trinajstić information content (AvgIpc) is 2.77. The second-order valence-electron chi connectivity index (χ2n) is 3.88. The van der Waals surface area contributed by atoms with Crippen LogP contribution in [0.1, 0.15) is 5.56 Å². The molecule has 2 aromatic rings. The van der Waals surface area contributed by atoms with Gasteiger partial charge in [0.25, 0.3) is 0 Å². The molecule has 0 amide bonds. The van der Waals surface area contributed by atoms with Gasteiger partial charge in [-0.05, 0) is 29.8 Å². The normalized spacial score (nSPS) is 10.3. The van der Waals surface area contributed by atoms with Crippen molar-refractivity contribution in [2.24, 2.45) is 0 Å². The monoisotopic (exact) mass is 266 g/mol. The van der Waals surface area contributed by atoms with Crippen molar-refractivity contribution in [2.75, 3.05) is 24.3 Å². The van der Waals surface area contributed by atoms with Gasteiger partial charge >= 0.3 is 0 Å². The van der Waals surface area contributed by atoms with Gasteiger partial charge in [0, 0.05) is 26.3 Å². The van der Waals surface area contributed by atoms with Gasteiger partial charge in [-0.1, -0.05) is 23.7 Å². The Morgan fingerprint density at radius 3 is 2.41 bits per heavy atom. The Hall–Kier alpha value is -1.19. The van der Waals surface area contributed by atoms with Gasteiger partial charge in [0.2, 0.25) is 0 Å². The highest BCUT2D eigenvalue weighted by Gasteiger charge is 2.04. The van der Waals surface area contributed by atoms with E-state index in [2.05, 4.69) is 47.6 Å². The molecule has 0 aliphatic heterocycles. The summed E-state index contributed by atoms with van der Waals surface area (Å²) in [5, 5.41) is 4.30. The Bertz CT molecular complexity index is 478. The van der Waals surface area contributed by atoms with E-state index in [-0.39, 0.29) is 0 Å². The molecule has 0 bridgehead atoms. The molecule has 1 heterocycles. The molecule has 0 aliphatic rings. The van der Waals surface area contributed by atoms with E-state index in [0.717, 1.165) is 16.6 Å². The minimum atomic E-state index is 0.831. The topological polar surface area (TPSA) is 15.3 Å². The van der Waals surface area contributed by atoms with E-state index in [4.69, 9.17) is 11.6 Å². The summed E-state index contributed by atoms with van der Waals surface area (Å²) in [6, 6.07) is 12.4. The van der Waals surface area contributed by atoms with Gasteiger partial charge in [0.1, 0.15) is 0 Å². The molecule has 4 heteroatoms. The van der Waals surface area contributed by atoms with E-state index < -0.39 is 0 Å². The molecular formula is C13H15ClN2S. The lowest BCUT2D eigenvalue weighted by atomic mass is 10.2. The van der Waals surface area contributed by atoms with Crippen LogP contribution in [0.25, 0.3) is 0 Å². The molecule has 0 spiro atoms. The van der Waals surface area contributed by atoms with Gasteiger partial charge in [-0.3, -0.25) is 0 Å². The molecule has 0 atom stereocenters. The molecule has 0 radical (unpaired) electrons. The van der Waals surface area contributed by atoms with E-state index in [1.54, 1.807) is 11.3 Å². The van der Waals surface area contributed by atoms with Gasteiger partial charge in [-0.2, -0.15) is 0 Å². The number of nitrogens with one attached hydrogen (secondary N) is 1. The predicted octanol–water partition coefficient (Wildman–Crippen LogP) is 4.08. The molecule has 2 nitrogen and oxygen atoms in total. The number of hydrogen-bond donors (Lipinski definition) is 1. The van der Waals surface area contributed by atoms with E-state index in [9.17, 15) is 0 Å². The first-order valence-corrected chi connectivity index (χ1v) is 6.61. The maximum Gasteiger partial charge on any atom is 0.0950 e. The molecule has 0 saturated carbocycles. The summed E-state index contributed by atoms with van der Waals surface area (Å²) in [6.45, 7) is 0.890. The van der Waals surface area contributed by atoms with Crippen molar-refractivity contribution in [3.8, 4) is 0 Å². The molecule has 0 fully saturated rings. The molecule has 1 aromatic carbocycles. The highest BCUT2D eigenvalue weighted by atomic mass is 35.5. The smallest absolute Gasteiger partial charge is 0.0950 e. The number of halogens is 1. The summed E-state index contributed by atoms with van der Waals surface area (Å²) in [5.41, 5.74) is 2.42. The van der Waals surface area contributed by atoms with Crippen molar-refractivity contribution in [1.29, 1.82) is 0 Å². The molecule has 17 heavy (non-hydrogen) atoms. The van der Waals surface area contributed by atoms with Crippen LogP contribution in [0.4, 0.5) is 10.7 Å². The number of hydrogen-bond acceptors (Lipinski definition) is 3. The van der Waals surface area contributed by atoms with Crippen molar-refractivity contribution in [3.05, 3.63) is 46.3 Å². The summed E-state index contributed by atoms with van der Waals surface area (Å²) in [5.74, 6) is 0. The molecular weight excluding hydrogens is 252 g/mol. The Labute approximate surface area is 111 Å². The van der Waals surface area contributed by atoms with Crippen LogP contribution in [0.15, 0.2) is 36.4 Å². The first kappa shape index (κ1) is 12.3. The Balaban J connectivity index is 2.04. The minimum Gasteiger partial charge on any atom is -0.388 e. The second-order valence-corrected chi connectivity index (χ2v) is 5.57. The Morgan fingerprint density at radius 1 is 1.18 bits per heavy atom. The van der Waals surface area contributed by atoms with E-state index in [1.165, 1.54) is 10.6 Å².